The summed E-state index contributed by atoms with van der Waals surface area (Å²) < 4.78 is 34.8. The van der Waals surface area contributed by atoms with Gasteiger partial charge in [-0.15, -0.1) is 5.10 Å². The Kier molecular flexibility index (Phi) is 6.53. The van der Waals surface area contributed by atoms with Crippen molar-refractivity contribution in [3.05, 3.63) is 36.2 Å². The molecule has 9 nitrogen and oxygen atoms in total. The van der Waals surface area contributed by atoms with Crippen LogP contribution < -0.4 is 4.74 Å². The van der Waals surface area contributed by atoms with E-state index >= 15 is 0 Å². The van der Waals surface area contributed by atoms with Gasteiger partial charge < -0.3 is 9.64 Å². The van der Waals surface area contributed by atoms with E-state index in [2.05, 4.69) is 10.3 Å². The standard InChI is InChI=1S/C19H27N5O4S/c1-22(2)19(25)18-14-23(21-20-18)12-10-15-7-4-5-11-24(15)29(26,27)17-9-6-8-16(13-17)28-3/h6,8-9,13-15H,4-5,7,10-12H2,1-3H3. The number of methoxy groups -OCH3 is 1. The molecular formula is C19H27N5O4S. The van der Waals surface area contributed by atoms with E-state index in [4.69, 9.17) is 4.74 Å². The number of aromatic nitrogens is 3. The summed E-state index contributed by atoms with van der Waals surface area (Å²) >= 11 is 0. The number of amides is 1. The van der Waals surface area contributed by atoms with Crippen molar-refractivity contribution in [2.75, 3.05) is 27.7 Å². The monoisotopic (exact) mass is 421 g/mol. The number of nitrogens with zero attached hydrogens (tertiary/aromatic N) is 5. The molecule has 3 rings (SSSR count). The third-order valence-electron chi connectivity index (χ3n) is 5.08. The predicted molar refractivity (Wildman–Crippen MR) is 107 cm³/mol. The van der Waals surface area contributed by atoms with Crippen molar-refractivity contribution in [1.29, 1.82) is 0 Å². The lowest BCUT2D eigenvalue weighted by Gasteiger charge is -2.34. The molecular weight excluding hydrogens is 394 g/mol. The van der Waals surface area contributed by atoms with Crippen molar-refractivity contribution in [3.63, 3.8) is 0 Å². The minimum atomic E-state index is -3.62. The van der Waals surface area contributed by atoms with Gasteiger partial charge in [-0.1, -0.05) is 17.7 Å². The van der Waals surface area contributed by atoms with Crippen LogP contribution in [0.1, 0.15) is 36.2 Å². The Balaban J connectivity index is 1.73. The number of sulfonamides is 1. The average molecular weight is 422 g/mol. The van der Waals surface area contributed by atoms with E-state index in [0.717, 1.165) is 19.3 Å². The number of carbonyl (C=O) groups is 1. The number of hydrogen-bond acceptors (Lipinski definition) is 6. The van der Waals surface area contributed by atoms with Crippen molar-refractivity contribution in [3.8, 4) is 5.75 Å². The molecule has 0 N–H and O–H groups in total. The lowest BCUT2D eigenvalue weighted by molar-refractivity contribution is 0.0822. The molecule has 0 saturated carbocycles. The Morgan fingerprint density at radius 1 is 1.31 bits per heavy atom. The maximum Gasteiger partial charge on any atom is 0.275 e. The summed E-state index contributed by atoms with van der Waals surface area (Å²) in [5, 5.41) is 7.92. The van der Waals surface area contributed by atoms with Gasteiger partial charge in [-0.2, -0.15) is 4.31 Å². The van der Waals surface area contributed by atoms with Gasteiger partial charge in [0.2, 0.25) is 10.0 Å². The molecule has 1 saturated heterocycles. The van der Waals surface area contributed by atoms with Gasteiger partial charge in [0, 0.05) is 39.3 Å². The number of carbonyl (C=O) groups excluding carboxylic acids is 1. The van der Waals surface area contributed by atoms with Gasteiger partial charge >= 0.3 is 0 Å². The fourth-order valence-corrected chi connectivity index (χ4v) is 5.25. The minimum Gasteiger partial charge on any atom is -0.497 e. The number of hydrogen-bond donors (Lipinski definition) is 0. The zero-order valence-electron chi connectivity index (χ0n) is 17.0. The largest absolute Gasteiger partial charge is 0.497 e. The first-order valence-electron chi connectivity index (χ1n) is 9.60. The molecule has 10 heteroatoms. The van der Waals surface area contributed by atoms with Crippen molar-refractivity contribution in [1.82, 2.24) is 24.2 Å². The van der Waals surface area contributed by atoms with Gasteiger partial charge in [-0.3, -0.25) is 9.48 Å². The van der Waals surface area contributed by atoms with E-state index in [-0.39, 0.29) is 22.5 Å². The number of benzene rings is 1. The molecule has 0 bridgehead atoms. The van der Waals surface area contributed by atoms with Crippen molar-refractivity contribution in [2.45, 2.75) is 43.2 Å². The van der Waals surface area contributed by atoms with Crippen LogP contribution in [-0.4, -0.2) is 72.3 Å². The first-order chi connectivity index (χ1) is 13.8. The van der Waals surface area contributed by atoms with Crippen LogP contribution in [0, 0.1) is 0 Å². The van der Waals surface area contributed by atoms with E-state index in [0.29, 0.717) is 25.3 Å². The molecule has 1 aliphatic rings. The van der Waals surface area contributed by atoms with Crippen LogP contribution in [0.2, 0.25) is 0 Å². The Hall–Kier alpha value is -2.46. The van der Waals surface area contributed by atoms with E-state index in [1.165, 1.54) is 12.0 Å². The summed E-state index contributed by atoms with van der Waals surface area (Å²) in [4.78, 5) is 13.7. The smallest absolute Gasteiger partial charge is 0.275 e. The fourth-order valence-electron chi connectivity index (χ4n) is 3.49. The summed E-state index contributed by atoms with van der Waals surface area (Å²) in [6.45, 7) is 0.981. The SMILES string of the molecule is COc1cccc(S(=O)(=O)N2CCCCC2CCn2cc(C(=O)N(C)C)nn2)c1. The van der Waals surface area contributed by atoms with Gasteiger partial charge in [0.25, 0.3) is 5.91 Å². The van der Waals surface area contributed by atoms with E-state index in [1.807, 2.05) is 0 Å². The first-order valence-corrected chi connectivity index (χ1v) is 11.0. The number of ether oxygens (including phenoxy) is 1. The predicted octanol–water partition coefficient (Wildman–Crippen LogP) is 1.62. The van der Waals surface area contributed by atoms with Gasteiger partial charge in [-0.05, 0) is 31.4 Å². The van der Waals surface area contributed by atoms with Crippen LogP contribution in [-0.2, 0) is 16.6 Å². The molecule has 158 valence electrons. The highest BCUT2D eigenvalue weighted by Crippen LogP contribution is 2.28. The second-order valence-corrected chi connectivity index (χ2v) is 9.19. The molecule has 1 unspecified atom stereocenters. The third kappa shape index (κ3) is 4.76. The van der Waals surface area contributed by atoms with Gasteiger partial charge in [0.1, 0.15) is 5.75 Å². The lowest BCUT2D eigenvalue weighted by atomic mass is 10.0. The summed E-state index contributed by atoms with van der Waals surface area (Å²) in [5.41, 5.74) is 0.277. The summed E-state index contributed by atoms with van der Waals surface area (Å²) in [6.07, 6.45) is 4.82. The molecule has 2 heterocycles. The quantitative estimate of drug-likeness (QED) is 0.674. The molecule has 1 fully saturated rings. The van der Waals surface area contributed by atoms with Crippen molar-refractivity contribution in [2.24, 2.45) is 0 Å². The van der Waals surface area contributed by atoms with E-state index in [1.54, 1.807) is 53.5 Å². The van der Waals surface area contributed by atoms with Crippen LogP contribution in [0.4, 0.5) is 0 Å². The van der Waals surface area contributed by atoms with Crippen LogP contribution in [0.5, 0.6) is 5.75 Å². The normalized spacial score (nSPS) is 17.8. The first kappa shape index (κ1) is 21.3. The summed E-state index contributed by atoms with van der Waals surface area (Å²) in [6, 6.07) is 6.43. The molecule has 1 aromatic heterocycles. The summed E-state index contributed by atoms with van der Waals surface area (Å²) in [5.74, 6) is 0.302. The van der Waals surface area contributed by atoms with Crippen LogP contribution >= 0.6 is 0 Å². The maximum atomic E-state index is 13.2. The molecule has 0 radical (unpaired) electrons. The van der Waals surface area contributed by atoms with Crippen LogP contribution in [0.15, 0.2) is 35.4 Å². The zero-order valence-corrected chi connectivity index (χ0v) is 17.8. The third-order valence-corrected chi connectivity index (χ3v) is 7.02. The Labute approximate surface area is 171 Å². The highest BCUT2D eigenvalue weighted by molar-refractivity contribution is 7.89. The highest BCUT2D eigenvalue weighted by Gasteiger charge is 2.33. The highest BCUT2D eigenvalue weighted by atomic mass is 32.2. The molecule has 1 aromatic carbocycles. The second-order valence-electron chi connectivity index (χ2n) is 7.30. The average Bonchev–Trinajstić information content (AvgIpc) is 3.20. The molecule has 0 aliphatic carbocycles. The molecule has 1 aliphatic heterocycles. The number of rotatable bonds is 7. The van der Waals surface area contributed by atoms with E-state index < -0.39 is 10.0 Å². The number of piperidine rings is 1. The topological polar surface area (TPSA) is 97.6 Å². The maximum absolute atomic E-state index is 13.2. The van der Waals surface area contributed by atoms with Gasteiger partial charge in [0.05, 0.1) is 18.2 Å². The van der Waals surface area contributed by atoms with Gasteiger partial charge in [0.15, 0.2) is 5.69 Å². The Morgan fingerprint density at radius 3 is 2.83 bits per heavy atom. The van der Waals surface area contributed by atoms with E-state index in [9.17, 15) is 13.2 Å². The molecule has 0 spiro atoms. The molecule has 29 heavy (non-hydrogen) atoms. The number of aryl methyl sites for hydroxylation is 1. The molecule has 1 amide bonds. The van der Waals surface area contributed by atoms with Crippen molar-refractivity contribution >= 4 is 15.9 Å². The molecule has 1 atom stereocenters. The summed E-state index contributed by atoms with van der Waals surface area (Å²) in [7, 11) is 1.21. The van der Waals surface area contributed by atoms with Crippen LogP contribution in [0.25, 0.3) is 0 Å². The second kappa shape index (κ2) is 8.91. The zero-order chi connectivity index (χ0) is 21.0. The lowest BCUT2D eigenvalue weighted by Crippen LogP contribution is -2.44. The van der Waals surface area contributed by atoms with Crippen LogP contribution in [0.3, 0.4) is 0 Å². The Bertz CT molecular complexity index is 957. The van der Waals surface area contributed by atoms with Gasteiger partial charge in [-0.25, -0.2) is 8.42 Å². The minimum absolute atomic E-state index is 0.128. The van der Waals surface area contributed by atoms with Crippen molar-refractivity contribution < 1.29 is 17.9 Å². The fraction of sp³-hybridized carbons (Fsp3) is 0.526. The Morgan fingerprint density at radius 2 is 2.10 bits per heavy atom. The molecule has 2 aromatic rings.